The fourth-order valence-electron chi connectivity index (χ4n) is 2.68. The van der Waals surface area contributed by atoms with E-state index in [1.165, 1.54) is 11.8 Å². The number of nitrogens with zero attached hydrogens (tertiary/aromatic N) is 1. The zero-order valence-electron chi connectivity index (χ0n) is 14.5. The van der Waals surface area contributed by atoms with Crippen LogP contribution in [0, 0.1) is 0 Å². The molecular weight excluding hydrogens is 382 g/mol. The monoisotopic (exact) mass is 399 g/mol. The van der Waals surface area contributed by atoms with Crippen LogP contribution in [0.3, 0.4) is 0 Å². The summed E-state index contributed by atoms with van der Waals surface area (Å²) in [6.07, 6.45) is 1.74. The van der Waals surface area contributed by atoms with E-state index in [0.717, 1.165) is 11.1 Å². The molecule has 0 radical (unpaired) electrons. The van der Waals surface area contributed by atoms with Gasteiger partial charge in [0.05, 0.1) is 10.9 Å². The van der Waals surface area contributed by atoms with Gasteiger partial charge in [-0.2, -0.15) is 0 Å². The summed E-state index contributed by atoms with van der Waals surface area (Å²) in [5.74, 6) is -0.756. The Kier molecular flexibility index (Phi) is 5.93. The summed E-state index contributed by atoms with van der Waals surface area (Å²) in [5.41, 5.74) is 1.75. The number of thiocarbonyl (C=S) groups is 1. The zero-order chi connectivity index (χ0) is 19.4. The number of thioether (sulfide) groups is 1. The van der Waals surface area contributed by atoms with E-state index in [1.54, 1.807) is 29.2 Å². The molecule has 0 aliphatic carbocycles. The molecule has 1 fully saturated rings. The van der Waals surface area contributed by atoms with Crippen molar-refractivity contribution in [3.63, 3.8) is 0 Å². The van der Waals surface area contributed by atoms with Gasteiger partial charge in [-0.3, -0.25) is 9.69 Å². The van der Waals surface area contributed by atoms with Gasteiger partial charge in [-0.05, 0) is 36.3 Å². The third-order valence-electron chi connectivity index (χ3n) is 4.01. The molecule has 2 aromatic rings. The summed E-state index contributed by atoms with van der Waals surface area (Å²) in [6, 6.07) is 16.5. The summed E-state index contributed by atoms with van der Waals surface area (Å²) in [7, 11) is 0. The molecule has 0 spiro atoms. The molecule has 3 rings (SSSR count). The van der Waals surface area contributed by atoms with Gasteiger partial charge in [0.25, 0.3) is 5.91 Å². The third kappa shape index (κ3) is 4.56. The van der Waals surface area contributed by atoms with Gasteiger partial charge in [0.15, 0.2) is 6.61 Å². The van der Waals surface area contributed by atoms with E-state index >= 15 is 0 Å². The van der Waals surface area contributed by atoms with Gasteiger partial charge in [0.1, 0.15) is 10.1 Å². The minimum atomic E-state index is -1.05. The molecular formula is C20H17NO4S2. The fraction of sp³-hybridized carbons (Fsp3) is 0.150. The predicted molar refractivity (Wildman–Crippen MR) is 109 cm³/mol. The van der Waals surface area contributed by atoms with Crippen molar-refractivity contribution in [3.8, 4) is 5.75 Å². The Labute approximate surface area is 166 Å². The van der Waals surface area contributed by atoms with Crippen molar-refractivity contribution >= 4 is 46.3 Å². The Morgan fingerprint density at radius 1 is 1.26 bits per heavy atom. The summed E-state index contributed by atoms with van der Waals surface area (Å²) in [4.78, 5) is 25.6. The number of benzene rings is 2. The molecule has 1 atom stereocenters. The number of carbonyl (C=O) groups excluding carboxylic acids is 1. The van der Waals surface area contributed by atoms with Crippen LogP contribution in [0.4, 0.5) is 0 Å². The zero-order valence-corrected chi connectivity index (χ0v) is 16.1. The topological polar surface area (TPSA) is 66.8 Å². The normalized spacial score (nSPS) is 16.6. The molecule has 5 nitrogen and oxygen atoms in total. The van der Waals surface area contributed by atoms with Crippen LogP contribution in [-0.4, -0.2) is 32.8 Å². The van der Waals surface area contributed by atoms with Gasteiger partial charge in [-0.1, -0.05) is 66.4 Å². The summed E-state index contributed by atoms with van der Waals surface area (Å²) in [5, 5.41) is 8.71. The van der Waals surface area contributed by atoms with Crippen molar-refractivity contribution in [2.75, 3.05) is 6.61 Å². The van der Waals surface area contributed by atoms with Gasteiger partial charge in [-0.25, -0.2) is 4.79 Å². The maximum Gasteiger partial charge on any atom is 0.341 e. The second kappa shape index (κ2) is 8.37. The van der Waals surface area contributed by atoms with Crippen molar-refractivity contribution < 1.29 is 19.4 Å². The third-order valence-corrected chi connectivity index (χ3v) is 5.34. The minimum Gasteiger partial charge on any atom is -0.482 e. The molecule has 0 bridgehead atoms. The lowest BCUT2D eigenvalue weighted by Gasteiger charge is -2.23. The average molecular weight is 399 g/mol. The number of aliphatic carboxylic acids is 1. The van der Waals surface area contributed by atoms with Gasteiger partial charge in [0, 0.05) is 0 Å². The number of hydrogen-bond donors (Lipinski definition) is 1. The van der Waals surface area contributed by atoms with Crippen LogP contribution in [0.2, 0.25) is 0 Å². The Bertz CT molecular complexity index is 911. The van der Waals surface area contributed by atoms with Crippen LogP contribution in [0.15, 0.2) is 59.5 Å². The summed E-state index contributed by atoms with van der Waals surface area (Å²) >= 11 is 6.68. The average Bonchev–Trinajstić information content (AvgIpc) is 2.94. The number of ether oxygens (including phenoxy) is 1. The molecule has 138 valence electrons. The van der Waals surface area contributed by atoms with Crippen LogP contribution >= 0.6 is 24.0 Å². The first kappa shape index (κ1) is 19.1. The van der Waals surface area contributed by atoms with E-state index < -0.39 is 12.6 Å². The lowest BCUT2D eigenvalue weighted by Crippen LogP contribution is -2.30. The number of amides is 1. The van der Waals surface area contributed by atoms with Crippen LogP contribution in [-0.2, 0) is 9.59 Å². The van der Waals surface area contributed by atoms with Crippen LogP contribution < -0.4 is 4.74 Å². The lowest BCUT2D eigenvalue weighted by atomic mass is 10.1. The SMILES string of the molecule is CC(c1ccccc1)N1C(=O)/C(=C\c2cccc(OCC(=O)O)c2)SC1=S. The molecule has 2 aromatic carbocycles. The number of rotatable bonds is 6. The van der Waals surface area contributed by atoms with Crippen molar-refractivity contribution in [1.82, 2.24) is 4.90 Å². The van der Waals surface area contributed by atoms with Crippen LogP contribution in [0.25, 0.3) is 6.08 Å². The van der Waals surface area contributed by atoms with Gasteiger partial charge in [-0.15, -0.1) is 0 Å². The highest BCUT2D eigenvalue weighted by Gasteiger charge is 2.35. The highest BCUT2D eigenvalue weighted by Crippen LogP contribution is 2.38. The van der Waals surface area contributed by atoms with Gasteiger partial charge < -0.3 is 9.84 Å². The molecule has 0 aromatic heterocycles. The number of carbonyl (C=O) groups is 2. The second-order valence-electron chi connectivity index (χ2n) is 5.89. The first-order valence-corrected chi connectivity index (χ1v) is 9.45. The van der Waals surface area contributed by atoms with E-state index in [1.807, 2.05) is 43.3 Å². The molecule has 27 heavy (non-hydrogen) atoms. The first-order chi connectivity index (χ1) is 13.0. The Hall–Kier alpha value is -2.64. The first-order valence-electron chi connectivity index (χ1n) is 8.22. The molecule has 1 aliphatic rings. The van der Waals surface area contributed by atoms with Crippen molar-refractivity contribution in [2.45, 2.75) is 13.0 Å². The largest absolute Gasteiger partial charge is 0.482 e. The van der Waals surface area contributed by atoms with Crippen molar-refractivity contribution in [2.24, 2.45) is 0 Å². The lowest BCUT2D eigenvalue weighted by molar-refractivity contribution is -0.139. The fourth-order valence-corrected chi connectivity index (χ4v) is 4.10. The molecule has 1 heterocycles. The van der Waals surface area contributed by atoms with Crippen molar-refractivity contribution in [1.29, 1.82) is 0 Å². The molecule has 1 aliphatic heterocycles. The van der Waals surface area contributed by atoms with E-state index in [-0.39, 0.29) is 11.9 Å². The standard InChI is InChI=1S/C20H17NO4S2/c1-13(15-7-3-2-4-8-15)21-19(24)17(27-20(21)26)11-14-6-5-9-16(10-14)25-12-18(22)23/h2-11,13H,12H2,1H3,(H,22,23)/b17-11+. The molecule has 1 amide bonds. The quantitative estimate of drug-likeness (QED) is 0.582. The Balaban J connectivity index is 1.80. The highest BCUT2D eigenvalue weighted by atomic mass is 32.2. The van der Waals surface area contributed by atoms with E-state index in [9.17, 15) is 9.59 Å². The van der Waals surface area contributed by atoms with Crippen LogP contribution in [0.5, 0.6) is 5.75 Å². The maximum absolute atomic E-state index is 12.9. The summed E-state index contributed by atoms with van der Waals surface area (Å²) in [6.45, 7) is 1.53. The molecule has 1 saturated heterocycles. The highest BCUT2D eigenvalue weighted by molar-refractivity contribution is 8.26. The maximum atomic E-state index is 12.9. The smallest absolute Gasteiger partial charge is 0.341 e. The van der Waals surface area contributed by atoms with E-state index in [4.69, 9.17) is 22.1 Å². The van der Waals surface area contributed by atoms with E-state index in [0.29, 0.717) is 15.0 Å². The molecule has 0 saturated carbocycles. The molecule has 1 unspecified atom stereocenters. The van der Waals surface area contributed by atoms with Gasteiger partial charge in [0.2, 0.25) is 0 Å². The Morgan fingerprint density at radius 3 is 2.70 bits per heavy atom. The molecule has 7 heteroatoms. The minimum absolute atomic E-state index is 0.141. The second-order valence-corrected chi connectivity index (χ2v) is 7.57. The van der Waals surface area contributed by atoms with E-state index in [2.05, 4.69) is 0 Å². The number of hydrogen-bond acceptors (Lipinski definition) is 5. The predicted octanol–water partition coefficient (Wildman–Crippen LogP) is 4.11. The van der Waals surface area contributed by atoms with Gasteiger partial charge >= 0.3 is 5.97 Å². The Morgan fingerprint density at radius 2 is 2.00 bits per heavy atom. The summed E-state index contributed by atoms with van der Waals surface area (Å²) < 4.78 is 5.70. The van der Waals surface area contributed by atoms with Crippen molar-refractivity contribution in [3.05, 3.63) is 70.6 Å². The number of carboxylic acids is 1. The molecule has 1 N–H and O–H groups in total. The van der Waals surface area contributed by atoms with Crippen LogP contribution in [0.1, 0.15) is 24.1 Å². The number of carboxylic acid groups (broad SMARTS) is 1.